The summed E-state index contributed by atoms with van der Waals surface area (Å²) < 4.78 is 30.7. The van der Waals surface area contributed by atoms with E-state index in [2.05, 4.69) is 15.4 Å². The van der Waals surface area contributed by atoms with Crippen LogP contribution in [0.5, 0.6) is 0 Å². The zero-order chi connectivity index (χ0) is 55.8. The Morgan fingerprint density at radius 1 is 0.750 bits per heavy atom. The van der Waals surface area contributed by atoms with Gasteiger partial charge in [0.25, 0.3) is 11.5 Å². The van der Waals surface area contributed by atoms with Gasteiger partial charge in [-0.3, -0.25) is 14.2 Å². The number of amides is 1. The summed E-state index contributed by atoms with van der Waals surface area (Å²) in [6, 6.07) is 12.3. The molecule has 1 saturated heterocycles. The number of rotatable bonds is 11. The maximum Gasteiger partial charge on any atom is 0.496 e. The molecule has 402 valence electrons. The number of pyridine rings is 1. The third-order valence-corrected chi connectivity index (χ3v) is 16.9. The van der Waals surface area contributed by atoms with E-state index < -0.39 is 30.3 Å². The largest absolute Gasteiger partial charge is 0.496 e. The van der Waals surface area contributed by atoms with Gasteiger partial charge in [0.2, 0.25) is 0 Å². The fourth-order valence-electron chi connectivity index (χ4n) is 7.75. The highest BCUT2D eigenvalue weighted by Gasteiger charge is 2.53. The maximum atomic E-state index is 13.4. The molecular formula is C53H59BCl2N6O10S4. The van der Waals surface area contributed by atoms with Crippen molar-refractivity contribution in [3.63, 3.8) is 0 Å². The van der Waals surface area contributed by atoms with Crippen molar-refractivity contribution in [2.45, 2.75) is 100 Å². The number of nitrogens with one attached hydrogen (secondary N) is 1. The number of fused-ring (bicyclic) bond motifs is 2. The van der Waals surface area contributed by atoms with Gasteiger partial charge >= 0.3 is 25.0 Å². The molecule has 0 bridgehead atoms. The molecule has 76 heavy (non-hydrogen) atoms. The van der Waals surface area contributed by atoms with Crippen LogP contribution in [0.25, 0.3) is 21.4 Å². The van der Waals surface area contributed by atoms with Crippen molar-refractivity contribution in [3.8, 4) is 5.69 Å². The normalized spacial score (nSPS) is 13.6. The molecule has 23 heteroatoms. The van der Waals surface area contributed by atoms with E-state index in [0.717, 1.165) is 35.9 Å². The predicted octanol–water partition coefficient (Wildman–Crippen LogP) is 11.8. The lowest BCUT2D eigenvalue weighted by Gasteiger charge is -2.32. The average molecular weight is 1150 g/mol. The van der Waals surface area contributed by atoms with Gasteiger partial charge in [0, 0.05) is 59.3 Å². The Kier molecular flexibility index (Phi) is 19.9. The first kappa shape index (κ1) is 59.3. The third kappa shape index (κ3) is 13.1. The summed E-state index contributed by atoms with van der Waals surface area (Å²) in [5.41, 5.74) is 10.3. The van der Waals surface area contributed by atoms with E-state index >= 15 is 0 Å². The molecule has 1 aliphatic rings. The smallest absolute Gasteiger partial charge is 0.462 e. The van der Waals surface area contributed by atoms with Gasteiger partial charge in [-0.1, -0.05) is 41.4 Å². The number of aromatic nitrogens is 4. The molecular weight excluding hydrogens is 1090 g/mol. The number of para-hydroxylation sites is 1. The molecule has 16 nitrogen and oxygen atoms in total. The van der Waals surface area contributed by atoms with E-state index in [-0.39, 0.29) is 34.8 Å². The summed E-state index contributed by atoms with van der Waals surface area (Å²) in [5, 5.41) is 15.8. The number of hydrogen-bond donors (Lipinski definition) is 2. The fourth-order valence-corrected chi connectivity index (χ4v) is 11.8. The highest BCUT2D eigenvalue weighted by atomic mass is 35.5. The van der Waals surface area contributed by atoms with Crippen LogP contribution >= 0.6 is 68.5 Å². The minimum absolute atomic E-state index is 0.0781. The van der Waals surface area contributed by atoms with E-state index in [4.69, 9.17) is 52.5 Å². The number of carbonyl (C=O) groups excluding carboxylic acids is 4. The summed E-state index contributed by atoms with van der Waals surface area (Å²) in [6.45, 7) is 24.0. The molecule has 0 spiro atoms. The summed E-state index contributed by atoms with van der Waals surface area (Å²) in [7, 11) is -0.524. The number of esters is 3. The van der Waals surface area contributed by atoms with Crippen LogP contribution in [0, 0.1) is 27.7 Å². The van der Waals surface area contributed by atoms with E-state index in [0.29, 0.717) is 63.4 Å². The highest BCUT2D eigenvalue weighted by molar-refractivity contribution is 7.17. The quantitative estimate of drug-likeness (QED) is 0.0703. The Hall–Kier alpha value is -5.91. The second-order valence-electron chi connectivity index (χ2n) is 17.9. The van der Waals surface area contributed by atoms with Gasteiger partial charge < -0.3 is 34.6 Å². The molecule has 7 aromatic heterocycles. The minimum atomic E-state index is -0.529. The number of aryl methyl sites for hydroxylation is 4. The van der Waals surface area contributed by atoms with Gasteiger partial charge in [0.1, 0.15) is 5.56 Å². The Morgan fingerprint density at radius 3 is 1.86 bits per heavy atom. The molecule has 8 heterocycles. The van der Waals surface area contributed by atoms with E-state index in [1.165, 1.54) is 38.5 Å². The van der Waals surface area contributed by atoms with Crippen LogP contribution in [0.2, 0.25) is 10.0 Å². The Bertz CT molecular complexity index is 3320. The van der Waals surface area contributed by atoms with Crippen LogP contribution in [-0.2, 0) is 23.5 Å². The Balaban J connectivity index is 0.000000181. The Morgan fingerprint density at radius 2 is 1.29 bits per heavy atom. The van der Waals surface area contributed by atoms with Crippen molar-refractivity contribution < 1.29 is 42.7 Å². The van der Waals surface area contributed by atoms with E-state index in [1.807, 2.05) is 116 Å². The zero-order valence-corrected chi connectivity index (χ0v) is 48.9. The molecule has 0 unspecified atom stereocenters. The molecule has 0 radical (unpaired) electrons. The molecule has 0 aliphatic carbocycles. The lowest BCUT2D eigenvalue weighted by molar-refractivity contribution is 0.00578. The van der Waals surface area contributed by atoms with Gasteiger partial charge in [-0.05, 0) is 124 Å². The number of nitrogens with zero attached hydrogens (tertiary/aromatic N) is 4. The van der Waals surface area contributed by atoms with Crippen molar-refractivity contribution in [1.29, 1.82) is 0 Å². The van der Waals surface area contributed by atoms with Gasteiger partial charge in [-0.2, -0.15) is 0 Å². The molecule has 1 aliphatic heterocycles. The molecule has 8 aromatic rings. The number of anilines is 1. The van der Waals surface area contributed by atoms with Crippen LogP contribution < -0.4 is 22.1 Å². The Labute approximate surface area is 467 Å². The van der Waals surface area contributed by atoms with Crippen LogP contribution in [0.1, 0.15) is 129 Å². The predicted molar refractivity (Wildman–Crippen MR) is 306 cm³/mol. The molecule has 9 rings (SSSR count). The number of hydrogen-bond acceptors (Lipinski definition) is 17. The summed E-state index contributed by atoms with van der Waals surface area (Å²) in [5.74, 6) is -1.19. The fraction of sp³-hybridized carbons (Fsp3) is 0.340. The number of benzene rings is 1. The second-order valence-corrected chi connectivity index (χ2v) is 22.9. The summed E-state index contributed by atoms with van der Waals surface area (Å²) in [4.78, 5) is 68.3. The standard InChI is InChI=1S/C22H17ClN6O2S.C14H21BO4S.C9H12O2S.C8H9ClO2S/c1-12(26-21(30)18-19(24)27-28-9-5-8-25-20(18)28)15-10-16-17(14(23)11-32-16)22(31)29(15)13-6-3-2-4-7-13;1-7-17-12(16)11-9(2)20-8-10(11)15-18-13(3,4)14(5,6)19-15;1-4-11-9(10)8-6(2)5-12-7(8)3;1-3-11-8(10)7-5(2)12-4-6(7)9/h2-12H,1H3,(H2,24,27)(H,26,30);8H,7H2,1-6H3;5H,4H2,1-3H3;4H,3H2,1-2H3/t12-;;;/m0.../s1. The first-order valence-electron chi connectivity index (χ1n) is 24.0. The third-order valence-electron chi connectivity index (χ3n) is 12.2. The van der Waals surface area contributed by atoms with Gasteiger partial charge in [-0.25, -0.2) is 23.9 Å². The number of carbonyl (C=O) groups is 4. The molecule has 3 N–H and O–H groups in total. The van der Waals surface area contributed by atoms with Crippen molar-refractivity contribution in [3.05, 3.63) is 145 Å². The van der Waals surface area contributed by atoms with Crippen LogP contribution in [0.4, 0.5) is 5.82 Å². The van der Waals surface area contributed by atoms with Crippen molar-refractivity contribution in [2.75, 3.05) is 25.6 Å². The topological polar surface area (TPSA) is 205 Å². The van der Waals surface area contributed by atoms with E-state index in [1.54, 1.807) is 59.0 Å². The zero-order valence-electron chi connectivity index (χ0n) is 44.1. The number of halogens is 2. The van der Waals surface area contributed by atoms with E-state index in [9.17, 15) is 24.0 Å². The first-order chi connectivity index (χ1) is 36.0. The number of ether oxygens (including phenoxy) is 3. The van der Waals surface area contributed by atoms with Crippen molar-refractivity contribution in [2.24, 2.45) is 0 Å². The molecule has 0 saturated carbocycles. The maximum absolute atomic E-state index is 13.4. The number of nitrogens with two attached hydrogens (primary N) is 1. The van der Waals surface area contributed by atoms with Gasteiger partial charge in [-0.15, -0.1) is 50.4 Å². The average Bonchev–Trinajstić information content (AvgIpc) is 4.22. The second kappa shape index (κ2) is 25.5. The van der Waals surface area contributed by atoms with Gasteiger partial charge in [0.05, 0.1) is 69.2 Å². The van der Waals surface area contributed by atoms with Crippen LogP contribution in [-0.4, -0.2) is 81.1 Å². The molecule has 1 aromatic carbocycles. The molecule has 1 fully saturated rings. The summed E-state index contributed by atoms with van der Waals surface area (Å²) >= 11 is 18.0. The molecule has 1 atom stereocenters. The van der Waals surface area contributed by atoms with Crippen molar-refractivity contribution in [1.82, 2.24) is 24.5 Å². The van der Waals surface area contributed by atoms with Crippen molar-refractivity contribution >= 4 is 126 Å². The lowest BCUT2D eigenvalue weighted by Crippen LogP contribution is -2.41. The molecule has 1 amide bonds. The highest BCUT2D eigenvalue weighted by Crippen LogP contribution is 2.38. The van der Waals surface area contributed by atoms with Crippen LogP contribution in [0.15, 0.2) is 81.2 Å². The SMILES string of the molecule is CCOC(=O)c1c(B2OC(C)(C)C(C)(C)O2)csc1C.CCOC(=O)c1c(C)csc1C.CCOC(=O)c1c(Cl)csc1C.C[C@H](NC(=O)c1c(N)nn2cccnc12)c1cc2scc(Cl)c2c(=O)n1-c1ccccc1. The van der Waals surface area contributed by atoms with Crippen LogP contribution in [0.3, 0.4) is 0 Å². The summed E-state index contributed by atoms with van der Waals surface area (Å²) in [6.07, 6.45) is 3.23. The van der Waals surface area contributed by atoms with Gasteiger partial charge in [0.15, 0.2) is 11.5 Å². The lowest BCUT2D eigenvalue weighted by atomic mass is 9.78. The first-order valence-corrected chi connectivity index (χ1v) is 28.3. The number of nitrogen functional groups attached to an aromatic ring is 1. The number of thiophene rings is 4. The minimum Gasteiger partial charge on any atom is -0.462 e. The monoisotopic (exact) mass is 1150 g/mol.